The first-order valence-corrected chi connectivity index (χ1v) is 7.74. The highest BCUT2D eigenvalue weighted by atomic mass is 19.1. The molecule has 120 valence electrons. The third-order valence-electron chi connectivity index (χ3n) is 3.68. The number of hydrogen-bond donors (Lipinski definition) is 1. The van der Waals surface area contributed by atoms with Crippen LogP contribution >= 0.6 is 0 Å². The molecule has 5 nitrogen and oxygen atoms in total. The van der Waals surface area contributed by atoms with E-state index in [1.54, 1.807) is 6.07 Å². The van der Waals surface area contributed by atoms with Crippen LogP contribution < -0.4 is 5.32 Å². The minimum atomic E-state index is -0.313. The van der Waals surface area contributed by atoms with E-state index in [-0.39, 0.29) is 11.9 Å². The summed E-state index contributed by atoms with van der Waals surface area (Å²) >= 11 is 0. The van der Waals surface area contributed by atoms with Crippen LogP contribution in [0, 0.1) is 11.7 Å². The van der Waals surface area contributed by atoms with Gasteiger partial charge in [0.25, 0.3) is 6.01 Å². The molecule has 1 fully saturated rings. The number of benzene rings is 1. The number of fused-ring (bicyclic) bond motifs is 1. The summed E-state index contributed by atoms with van der Waals surface area (Å²) in [5, 5.41) is 3.15. The normalized spacial score (nSPS) is 19.9. The number of morpholine rings is 1. The predicted octanol–water partition coefficient (Wildman–Crippen LogP) is 2.74. The van der Waals surface area contributed by atoms with Crippen LogP contribution in [-0.4, -0.2) is 48.8 Å². The van der Waals surface area contributed by atoms with Crippen LogP contribution in [0.3, 0.4) is 0 Å². The molecule has 1 aliphatic heterocycles. The maximum Gasteiger partial charge on any atom is 0.295 e. The summed E-state index contributed by atoms with van der Waals surface area (Å²) < 4.78 is 24.5. The van der Waals surface area contributed by atoms with Crippen LogP contribution in [0.25, 0.3) is 11.1 Å². The van der Waals surface area contributed by atoms with E-state index in [1.165, 1.54) is 12.1 Å². The van der Waals surface area contributed by atoms with Crippen molar-refractivity contribution in [3.8, 4) is 0 Å². The zero-order valence-corrected chi connectivity index (χ0v) is 13.0. The lowest BCUT2D eigenvalue weighted by atomic mass is 10.2. The van der Waals surface area contributed by atoms with Crippen LogP contribution in [0.4, 0.5) is 10.4 Å². The molecule has 0 bridgehead atoms. The molecule has 1 saturated heterocycles. The smallest absolute Gasteiger partial charge is 0.295 e. The van der Waals surface area contributed by atoms with Crippen LogP contribution in [0.5, 0.6) is 0 Å². The first-order chi connectivity index (χ1) is 10.6. The molecule has 0 aliphatic carbocycles. The molecule has 0 amide bonds. The first kappa shape index (κ1) is 15.2. The number of rotatable bonds is 5. The van der Waals surface area contributed by atoms with Gasteiger partial charge in [-0.05, 0) is 18.1 Å². The Morgan fingerprint density at radius 1 is 1.45 bits per heavy atom. The monoisotopic (exact) mass is 307 g/mol. The number of anilines is 1. The number of nitrogens with zero attached hydrogens (tertiary/aromatic N) is 2. The quantitative estimate of drug-likeness (QED) is 0.920. The number of ether oxygens (including phenoxy) is 1. The highest BCUT2D eigenvalue weighted by molar-refractivity contribution is 5.74. The molecule has 1 aromatic carbocycles. The Hall–Kier alpha value is -1.66. The van der Waals surface area contributed by atoms with Crippen molar-refractivity contribution < 1.29 is 13.5 Å². The second kappa shape index (κ2) is 6.62. The summed E-state index contributed by atoms with van der Waals surface area (Å²) in [6.45, 7) is 8.79. The number of hydrogen-bond acceptors (Lipinski definition) is 5. The maximum absolute atomic E-state index is 13.1. The third-order valence-corrected chi connectivity index (χ3v) is 3.68. The summed E-state index contributed by atoms with van der Waals surface area (Å²) in [5.41, 5.74) is 1.10. The van der Waals surface area contributed by atoms with Gasteiger partial charge in [-0.15, -0.1) is 0 Å². The Balaban J connectivity index is 1.56. The van der Waals surface area contributed by atoms with Crippen LogP contribution in [0.15, 0.2) is 22.6 Å². The van der Waals surface area contributed by atoms with Crippen molar-refractivity contribution >= 4 is 17.1 Å². The lowest BCUT2D eigenvalue weighted by molar-refractivity contribution is -0.0246. The van der Waals surface area contributed by atoms with Crippen molar-refractivity contribution in [3.63, 3.8) is 0 Å². The maximum atomic E-state index is 13.1. The zero-order valence-electron chi connectivity index (χ0n) is 13.0. The average molecular weight is 307 g/mol. The molecule has 3 rings (SSSR count). The van der Waals surface area contributed by atoms with Gasteiger partial charge < -0.3 is 14.5 Å². The summed E-state index contributed by atoms with van der Waals surface area (Å²) in [6, 6.07) is 4.73. The summed E-state index contributed by atoms with van der Waals surface area (Å²) in [5.74, 6) is 0.339. The fraction of sp³-hybridized carbons (Fsp3) is 0.562. The molecule has 0 radical (unpaired) electrons. The van der Waals surface area contributed by atoms with E-state index in [1.807, 2.05) is 0 Å². The van der Waals surface area contributed by atoms with Gasteiger partial charge in [0.15, 0.2) is 5.58 Å². The van der Waals surface area contributed by atoms with E-state index < -0.39 is 0 Å². The molecule has 2 heterocycles. The molecular weight excluding hydrogens is 285 g/mol. The second-order valence-electron chi connectivity index (χ2n) is 6.16. The number of halogens is 1. The Labute approximate surface area is 129 Å². The molecule has 1 N–H and O–H groups in total. The van der Waals surface area contributed by atoms with Crippen molar-refractivity contribution in [1.29, 1.82) is 0 Å². The molecule has 0 unspecified atom stereocenters. The van der Waals surface area contributed by atoms with Gasteiger partial charge >= 0.3 is 0 Å². The first-order valence-electron chi connectivity index (χ1n) is 7.74. The van der Waals surface area contributed by atoms with E-state index in [0.29, 0.717) is 29.6 Å². The van der Waals surface area contributed by atoms with Crippen molar-refractivity contribution in [1.82, 2.24) is 9.88 Å². The fourth-order valence-electron chi connectivity index (χ4n) is 2.76. The molecule has 22 heavy (non-hydrogen) atoms. The van der Waals surface area contributed by atoms with Crippen LogP contribution in [0.1, 0.15) is 13.8 Å². The predicted molar refractivity (Wildman–Crippen MR) is 83.5 cm³/mol. The summed E-state index contributed by atoms with van der Waals surface area (Å²) in [4.78, 5) is 6.66. The lowest BCUT2D eigenvalue weighted by Crippen LogP contribution is -2.46. The van der Waals surface area contributed by atoms with Crippen LogP contribution in [0.2, 0.25) is 0 Å². The van der Waals surface area contributed by atoms with Crippen molar-refractivity contribution in [2.24, 2.45) is 5.92 Å². The Morgan fingerprint density at radius 2 is 2.32 bits per heavy atom. The van der Waals surface area contributed by atoms with E-state index >= 15 is 0 Å². The van der Waals surface area contributed by atoms with Gasteiger partial charge in [-0.1, -0.05) is 13.8 Å². The Kier molecular flexibility index (Phi) is 4.59. The molecule has 1 aliphatic rings. The van der Waals surface area contributed by atoms with Crippen LogP contribution in [-0.2, 0) is 4.74 Å². The highest BCUT2D eigenvalue weighted by Crippen LogP contribution is 2.20. The molecule has 0 spiro atoms. The molecular formula is C16H22FN3O2. The van der Waals surface area contributed by atoms with Gasteiger partial charge in [-0.3, -0.25) is 4.90 Å². The van der Waals surface area contributed by atoms with Crippen molar-refractivity contribution in [2.45, 2.75) is 20.0 Å². The van der Waals surface area contributed by atoms with Crippen molar-refractivity contribution in [2.75, 3.05) is 38.1 Å². The summed E-state index contributed by atoms with van der Waals surface area (Å²) in [7, 11) is 0. The van der Waals surface area contributed by atoms with E-state index in [9.17, 15) is 4.39 Å². The van der Waals surface area contributed by atoms with Gasteiger partial charge in [0.05, 0.1) is 12.7 Å². The number of nitrogens with one attached hydrogen (secondary N) is 1. The van der Waals surface area contributed by atoms with Gasteiger partial charge in [-0.25, -0.2) is 4.39 Å². The van der Waals surface area contributed by atoms with Gasteiger partial charge in [0.1, 0.15) is 11.3 Å². The second-order valence-corrected chi connectivity index (χ2v) is 6.16. The Bertz CT molecular complexity index is 629. The SMILES string of the molecule is CC(C)CN1CCO[C@H](CNc2nc3cc(F)ccc3o2)C1. The lowest BCUT2D eigenvalue weighted by Gasteiger charge is -2.33. The number of aromatic nitrogens is 1. The van der Waals surface area contributed by atoms with E-state index in [4.69, 9.17) is 9.15 Å². The third kappa shape index (κ3) is 3.75. The fourth-order valence-corrected chi connectivity index (χ4v) is 2.76. The summed E-state index contributed by atoms with van der Waals surface area (Å²) in [6.07, 6.45) is 0.110. The highest BCUT2D eigenvalue weighted by Gasteiger charge is 2.21. The van der Waals surface area contributed by atoms with E-state index in [2.05, 4.69) is 29.0 Å². The zero-order chi connectivity index (χ0) is 15.5. The largest absolute Gasteiger partial charge is 0.424 e. The van der Waals surface area contributed by atoms with Gasteiger partial charge in [0, 0.05) is 32.2 Å². The molecule has 2 aromatic rings. The van der Waals surface area contributed by atoms with Gasteiger partial charge in [-0.2, -0.15) is 4.98 Å². The molecule has 6 heteroatoms. The molecule has 1 atom stereocenters. The minimum Gasteiger partial charge on any atom is -0.424 e. The standard InChI is InChI=1S/C16H22FN3O2/c1-11(2)9-20-5-6-21-13(10-20)8-18-16-19-14-7-12(17)3-4-15(14)22-16/h3-4,7,11,13H,5-6,8-10H2,1-2H3,(H,18,19)/t13-/m1/s1. The van der Waals surface area contributed by atoms with Crippen molar-refractivity contribution in [3.05, 3.63) is 24.0 Å². The minimum absolute atomic E-state index is 0.110. The molecule has 1 aromatic heterocycles. The topological polar surface area (TPSA) is 50.5 Å². The van der Waals surface area contributed by atoms with E-state index in [0.717, 1.165) is 26.2 Å². The Morgan fingerprint density at radius 3 is 3.14 bits per heavy atom. The number of oxazole rings is 1. The molecule has 0 saturated carbocycles. The van der Waals surface area contributed by atoms with Gasteiger partial charge in [0.2, 0.25) is 0 Å². The average Bonchev–Trinajstić information content (AvgIpc) is 2.87.